The minimum atomic E-state index is -1.31. The molecule has 0 aliphatic carbocycles. The lowest BCUT2D eigenvalue weighted by Crippen LogP contribution is -2.58. The highest BCUT2D eigenvalue weighted by Crippen LogP contribution is 2.13. The van der Waals surface area contributed by atoms with Crippen LogP contribution in [0.4, 0.5) is 0 Å². The fraction of sp³-hybridized carbons (Fsp3) is 0.481. The number of carboxylic acids is 1. The van der Waals surface area contributed by atoms with Crippen LogP contribution in [-0.4, -0.2) is 80.5 Å². The van der Waals surface area contributed by atoms with Crippen molar-refractivity contribution >= 4 is 29.7 Å². The first-order chi connectivity index (χ1) is 19.8. The third-order valence-corrected chi connectivity index (χ3v) is 6.25. The molecular formula is C27H41N9O6. The fourth-order valence-corrected chi connectivity index (χ4v) is 4.07. The second-order valence-corrected chi connectivity index (χ2v) is 10.4. The van der Waals surface area contributed by atoms with Gasteiger partial charge in [0.2, 0.25) is 17.7 Å². The molecule has 4 atom stereocenters. The number of imidazole rings is 1. The Labute approximate surface area is 243 Å². The first-order valence-electron chi connectivity index (χ1n) is 13.6. The second-order valence-electron chi connectivity index (χ2n) is 10.4. The molecule has 12 N–H and O–H groups in total. The molecule has 1 aromatic heterocycles. The SMILES string of the molecule is CC(C)CC(NC(=O)C(N)CCCN=C(N)N)C(=O)NC(Cc1ccc(O)cc1)C(=O)NC(Cc1cnc[nH]1)C(=O)O. The summed E-state index contributed by atoms with van der Waals surface area (Å²) >= 11 is 0. The van der Waals surface area contributed by atoms with Crippen molar-refractivity contribution in [1.82, 2.24) is 25.9 Å². The van der Waals surface area contributed by atoms with Crippen LogP contribution in [0.2, 0.25) is 0 Å². The van der Waals surface area contributed by atoms with Gasteiger partial charge in [0.15, 0.2) is 5.96 Å². The van der Waals surface area contributed by atoms with Crippen molar-refractivity contribution in [3.8, 4) is 5.75 Å². The summed E-state index contributed by atoms with van der Waals surface area (Å²) in [6.07, 6.45) is 3.74. The summed E-state index contributed by atoms with van der Waals surface area (Å²) in [5.74, 6) is -3.25. The van der Waals surface area contributed by atoms with Gasteiger partial charge >= 0.3 is 5.97 Å². The van der Waals surface area contributed by atoms with Crippen molar-refractivity contribution in [1.29, 1.82) is 0 Å². The molecule has 0 radical (unpaired) electrons. The van der Waals surface area contributed by atoms with E-state index in [4.69, 9.17) is 17.2 Å². The number of carbonyl (C=O) groups excluding carboxylic acids is 3. The van der Waals surface area contributed by atoms with Gasteiger partial charge in [-0.2, -0.15) is 0 Å². The molecule has 0 spiro atoms. The molecule has 15 heteroatoms. The zero-order chi connectivity index (χ0) is 31.2. The van der Waals surface area contributed by atoms with Crippen LogP contribution in [0, 0.1) is 5.92 Å². The Morgan fingerprint density at radius 2 is 1.57 bits per heavy atom. The number of phenols is 1. The highest BCUT2D eigenvalue weighted by atomic mass is 16.4. The Balaban J connectivity index is 2.19. The summed E-state index contributed by atoms with van der Waals surface area (Å²) in [7, 11) is 0. The number of rotatable bonds is 17. The van der Waals surface area contributed by atoms with E-state index in [9.17, 15) is 29.4 Å². The molecule has 2 rings (SSSR count). The number of hydrogen-bond acceptors (Lipinski definition) is 8. The van der Waals surface area contributed by atoms with Crippen LogP contribution in [0.3, 0.4) is 0 Å². The Bertz CT molecular complexity index is 1200. The van der Waals surface area contributed by atoms with Crippen LogP contribution in [-0.2, 0) is 32.0 Å². The summed E-state index contributed by atoms with van der Waals surface area (Å²) in [5.41, 5.74) is 17.7. The van der Waals surface area contributed by atoms with Crippen molar-refractivity contribution < 1.29 is 29.4 Å². The molecule has 4 unspecified atom stereocenters. The topological polar surface area (TPSA) is 264 Å². The molecule has 3 amide bonds. The molecule has 42 heavy (non-hydrogen) atoms. The summed E-state index contributed by atoms with van der Waals surface area (Å²) < 4.78 is 0. The maximum Gasteiger partial charge on any atom is 0.326 e. The lowest BCUT2D eigenvalue weighted by atomic mass is 10.00. The number of amides is 3. The number of carbonyl (C=O) groups is 4. The van der Waals surface area contributed by atoms with Crippen molar-refractivity contribution in [2.24, 2.45) is 28.1 Å². The van der Waals surface area contributed by atoms with E-state index >= 15 is 0 Å². The van der Waals surface area contributed by atoms with E-state index in [1.165, 1.54) is 24.7 Å². The zero-order valence-corrected chi connectivity index (χ0v) is 23.7. The van der Waals surface area contributed by atoms with E-state index in [0.717, 1.165) is 0 Å². The number of aliphatic carboxylic acids is 1. The van der Waals surface area contributed by atoms with Crippen molar-refractivity contribution in [2.75, 3.05) is 6.54 Å². The fourth-order valence-electron chi connectivity index (χ4n) is 4.07. The first kappa shape index (κ1) is 33.5. The average molecular weight is 588 g/mol. The van der Waals surface area contributed by atoms with Gasteiger partial charge < -0.3 is 48.3 Å². The van der Waals surface area contributed by atoms with Crippen molar-refractivity contribution in [3.05, 3.63) is 48.0 Å². The van der Waals surface area contributed by atoms with Crippen molar-refractivity contribution in [3.63, 3.8) is 0 Å². The summed E-state index contributed by atoms with van der Waals surface area (Å²) in [6, 6.07) is 1.58. The third kappa shape index (κ3) is 11.8. The van der Waals surface area contributed by atoms with Crippen LogP contribution in [0.5, 0.6) is 5.75 Å². The highest BCUT2D eigenvalue weighted by Gasteiger charge is 2.31. The Kier molecular flexibility index (Phi) is 13.2. The van der Waals surface area contributed by atoms with E-state index in [1.807, 2.05) is 13.8 Å². The van der Waals surface area contributed by atoms with E-state index < -0.39 is 47.9 Å². The standard InChI is InChI=1S/C27H41N9O6/c1-15(2)10-20(34-23(38)19(28)4-3-9-32-27(29)30)24(39)35-21(11-16-5-7-18(37)8-6-16)25(40)36-22(26(41)42)12-17-13-31-14-33-17/h5-8,13-15,19-22,37H,3-4,9-12,28H2,1-2H3,(H,31,33)(H,34,38)(H,35,39)(H,36,40)(H,41,42)(H4,29,30,32). The quantitative estimate of drug-likeness (QED) is 0.0610. The van der Waals surface area contributed by atoms with Gasteiger partial charge in [-0.15, -0.1) is 0 Å². The summed E-state index contributed by atoms with van der Waals surface area (Å²) in [5, 5.41) is 27.2. The van der Waals surface area contributed by atoms with Crippen LogP contribution >= 0.6 is 0 Å². The summed E-state index contributed by atoms with van der Waals surface area (Å²) in [4.78, 5) is 62.0. The van der Waals surface area contributed by atoms with Crippen LogP contribution in [0.1, 0.15) is 44.4 Å². The van der Waals surface area contributed by atoms with Crippen LogP contribution < -0.4 is 33.2 Å². The predicted molar refractivity (Wildman–Crippen MR) is 155 cm³/mol. The number of aromatic amines is 1. The monoisotopic (exact) mass is 587 g/mol. The number of aromatic hydroxyl groups is 1. The maximum absolute atomic E-state index is 13.4. The molecule has 1 aromatic carbocycles. The van der Waals surface area contributed by atoms with Gasteiger partial charge in [-0.05, 0) is 42.9 Å². The number of guanidine groups is 1. The molecule has 15 nitrogen and oxygen atoms in total. The highest BCUT2D eigenvalue weighted by molar-refractivity contribution is 5.94. The molecule has 1 heterocycles. The summed E-state index contributed by atoms with van der Waals surface area (Å²) in [6.45, 7) is 4.04. The Morgan fingerprint density at radius 1 is 0.952 bits per heavy atom. The van der Waals surface area contributed by atoms with Gasteiger partial charge in [-0.3, -0.25) is 19.4 Å². The largest absolute Gasteiger partial charge is 0.508 e. The minimum absolute atomic E-state index is 0.00527. The minimum Gasteiger partial charge on any atom is -0.508 e. The molecule has 0 aliphatic rings. The van der Waals surface area contributed by atoms with E-state index in [-0.39, 0.29) is 43.3 Å². The van der Waals surface area contributed by atoms with E-state index in [0.29, 0.717) is 24.2 Å². The van der Waals surface area contributed by atoms with E-state index in [2.05, 4.69) is 30.9 Å². The van der Waals surface area contributed by atoms with Gasteiger partial charge in [0.05, 0.1) is 12.4 Å². The van der Waals surface area contributed by atoms with Gasteiger partial charge in [0, 0.05) is 31.3 Å². The number of nitrogens with one attached hydrogen (secondary N) is 4. The lowest BCUT2D eigenvalue weighted by Gasteiger charge is -2.26. The number of H-pyrrole nitrogens is 1. The molecule has 0 saturated carbocycles. The van der Waals surface area contributed by atoms with Gasteiger partial charge in [0.25, 0.3) is 0 Å². The molecule has 230 valence electrons. The molecule has 2 aromatic rings. The first-order valence-corrected chi connectivity index (χ1v) is 13.6. The number of nitrogens with zero attached hydrogens (tertiary/aromatic N) is 2. The van der Waals surface area contributed by atoms with Crippen LogP contribution in [0.15, 0.2) is 41.8 Å². The Hall–Kier alpha value is -4.66. The maximum atomic E-state index is 13.4. The molecule has 0 fully saturated rings. The van der Waals surface area contributed by atoms with Crippen molar-refractivity contribution in [2.45, 2.75) is 70.1 Å². The van der Waals surface area contributed by atoms with E-state index in [1.54, 1.807) is 12.1 Å². The molecule has 0 aliphatic heterocycles. The molecule has 0 bridgehead atoms. The lowest BCUT2D eigenvalue weighted by molar-refractivity contribution is -0.142. The van der Waals surface area contributed by atoms with Crippen LogP contribution in [0.25, 0.3) is 0 Å². The average Bonchev–Trinajstić information content (AvgIpc) is 3.43. The number of hydrogen-bond donors (Lipinski definition) is 9. The zero-order valence-electron chi connectivity index (χ0n) is 23.7. The number of phenolic OH excluding ortho intramolecular Hbond substituents is 1. The Morgan fingerprint density at radius 3 is 2.14 bits per heavy atom. The predicted octanol–water partition coefficient (Wildman–Crippen LogP) is -1.13. The molecular weight excluding hydrogens is 546 g/mol. The molecule has 0 saturated heterocycles. The number of benzene rings is 1. The normalized spacial score (nSPS) is 13.8. The number of aromatic nitrogens is 2. The third-order valence-electron chi connectivity index (χ3n) is 6.25. The van der Waals surface area contributed by atoms with Gasteiger partial charge in [0.1, 0.15) is 23.9 Å². The second kappa shape index (κ2) is 16.6. The smallest absolute Gasteiger partial charge is 0.326 e. The number of aliphatic imine (C=N–C) groups is 1. The number of carboxylic acid groups (broad SMARTS) is 1. The van der Waals surface area contributed by atoms with Gasteiger partial charge in [-0.25, -0.2) is 9.78 Å². The van der Waals surface area contributed by atoms with Gasteiger partial charge in [-0.1, -0.05) is 26.0 Å². The number of nitrogens with two attached hydrogens (primary N) is 3.